The highest BCUT2D eigenvalue weighted by atomic mass is 16.3. The Balaban J connectivity index is 2.50. The van der Waals surface area contributed by atoms with Crippen LogP contribution in [0, 0.1) is 0 Å². The number of nitrogens with zero attached hydrogens (tertiary/aromatic N) is 3. The first-order chi connectivity index (χ1) is 7.33. The van der Waals surface area contributed by atoms with E-state index in [9.17, 15) is 0 Å². The highest BCUT2D eigenvalue weighted by molar-refractivity contribution is 5.91. The predicted octanol–water partition coefficient (Wildman–Crippen LogP) is 1.06. The van der Waals surface area contributed by atoms with Crippen LogP contribution in [0.3, 0.4) is 0 Å². The molecule has 0 saturated heterocycles. The van der Waals surface area contributed by atoms with Gasteiger partial charge in [0.2, 0.25) is 0 Å². The molecule has 1 aromatic heterocycles. The summed E-state index contributed by atoms with van der Waals surface area (Å²) < 4.78 is 0. The second-order valence-corrected chi connectivity index (χ2v) is 3.40. The van der Waals surface area contributed by atoms with Gasteiger partial charge in [0, 0.05) is 24.4 Å². The second kappa shape index (κ2) is 4.23. The molecule has 0 atom stereocenters. The summed E-state index contributed by atoms with van der Waals surface area (Å²) in [6, 6.07) is 7.95. The summed E-state index contributed by atoms with van der Waals surface area (Å²) in [7, 11) is 1.90. The number of hydrogen-bond acceptors (Lipinski definition) is 4. The Morgan fingerprint density at radius 2 is 2.13 bits per heavy atom. The van der Waals surface area contributed by atoms with E-state index in [-0.39, 0.29) is 6.61 Å². The van der Waals surface area contributed by atoms with E-state index in [1.165, 1.54) is 0 Å². The first-order valence-electron chi connectivity index (χ1n) is 4.85. The van der Waals surface area contributed by atoms with Crippen molar-refractivity contribution >= 4 is 16.6 Å². The number of aliphatic hydroxyl groups is 1. The first-order valence-corrected chi connectivity index (χ1v) is 4.85. The molecule has 0 spiro atoms. The highest BCUT2D eigenvalue weighted by Crippen LogP contribution is 2.21. The summed E-state index contributed by atoms with van der Waals surface area (Å²) in [4.78, 5) is 1.90. The van der Waals surface area contributed by atoms with Crippen LogP contribution in [-0.4, -0.2) is 35.5 Å². The monoisotopic (exact) mass is 203 g/mol. The molecule has 0 aliphatic carbocycles. The lowest BCUT2D eigenvalue weighted by Gasteiger charge is -2.17. The largest absolute Gasteiger partial charge is 0.395 e. The van der Waals surface area contributed by atoms with Crippen LogP contribution in [0.2, 0.25) is 0 Å². The average Bonchev–Trinajstić information content (AvgIpc) is 2.28. The average molecular weight is 203 g/mol. The molecule has 0 aliphatic heterocycles. The fourth-order valence-electron chi connectivity index (χ4n) is 1.55. The fourth-order valence-corrected chi connectivity index (χ4v) is 1.55. The van der Waals surface area contributed by atoms with Gasteiger partial charge in [-0.2, -0.15) is 5.10 Å². The molecule has 4 nitrogen and oxygen atoms in total. The van der Waals surface area contributed by atoms with Gasteiger partial charge in [0.1, 0.15) is 0 Å². The molecule has 0 bridgehead atoms. The van der Waals surface area contributed by atoms with Crippen molar-refractivity contribution in [3.05, 3.63) is 30.5 Å². The van der Waals surface area contributed by atoms with Gasteiger partial charge in [0.25, 0.3) is 0 Å². The summed E-state index contributed by atoms with van der Waals surface area (Å²) in [6.45, 7) is 0.671. The summed E-state index contributed by atoms with van der Waals surface area (Å²) in [6.07, 6.45) is 1.74. The predicted molar refractivity (Wildman–Crippen MR) is 59.9 cm³/mol. The van der Waals surface area contributed by atoms with Crippen LogP contribution in [-0.2, 0) is 0 Å². The zero-order valence-electron chi connectivity index (χ0n) is 8.59. The minimum absolute atomic E-state index is 0.113. The summed E-state index contributed by atoms with van der Waals surface area (Å²) in [5.74, 6) is 0.808. The Hall–Kier alpha value is -1.68. The molecule has 78 valence electrons. The maximum absolute atomic E-state index is 8.88. The van der Waals surface area contributed by atoms with Gasteiger partial charge in [0.05, 0.1) is 12.8 Å². The zero-order chi connectivity index (χ0) is 10.7. The number of anilines is 1. The molecule has 2 aromatic rings. The van der Waals surface area contributed by atoms with Crippen LogP contribution < -0.4 is 4.90 Å². The van der Waals surface area contributed by atoms with Gasteiger partial charge in [-0.05, 0) is 0 Å². The zero-order valence-corrected chi connectivity index (χ0v) is 8.59. The van der Waals surface area contributed by atoms with Crippen LogP contribution in [0.4, 0.5) is 5.82 Å². The minimum atomic E-state index is 0.113. The second-order valence-electron chi connectivity index (χ2n) is 3.40. The van der Waals surface area contributed by atoms with Gasteiger partial charge in [-0.15, -0.1) is 5.10 Å². The standard InChI is InChI=1S/C11H13N3O/c1-14(6-7-15)11-10-5-3-2-4-9(10)8-12-13-11/h2-5,8,15H,6-7H2,1H3. The normalized spacial score (nSPS) is 10.5. The molecule has 2 rings (SSSR count). The number of benzene rings is 1. The number of aromatic nitrogens is 2. The van der Waals surface area contributed by atoms with E-state index in [1.54, 1.807) is 6.20 Å². The van der Waals surface area contributed by atoms with Gasteiger partial charge in [-0.25, -0.2) is 0 Å². The van der Waals surface area contributed by atoms with Crippen molar-refractivity contribution in [2.45, 2.75) is 0 Å². The van der Waals surface area contributed by atoms with Gasteiger partial charge in [-0.1, -0.05) is 24.3 Å². The van der Waals surface area contributed by atoms with Crippen LogP contribution in [0.1, 0.15) is 0 Å². The molecule has 0 radical (unpaired) electrons. The lowest BCUT2D eigenvalue weighted by atomic mass is 10.2. The molecule has 1 aromatic carbocycles. The molecule has 1 N–H and O–H groups in total. The third kappa shape index (κ3) is 1.89. The van der Waals surface area contributed by atoms with Crippen LogP contribution in [0.5, 0.6) is 0 Å². The molecule has 15 heavy (non-hydrogen) atoms. The Bertz CT molecular complexity index is 453. The SMILES string of the molecule is CN(CCO)c1nncc2ccccc12. The van der Waals surface area contributed by atoms with E-state index in [0.29, 0.717) is 6.54 Å². The number of rotatable bonds is 3. The van der Waals surface area contributed by atoms with E-state index >= 15 is 0 Å². The third-order valence-electron chi connectivity index (χ3n) is 2.35. The summed E-state index contributed by atoms with van der Waals surface area (Å²) >= 11 is 0. The molecule has 0 unspecified atom stereocenters. The van der Waals surface area contributed by atoms with Crippen LogP contribution >= 0.6 is 0 Å². The van der Waals surface area contributed by atoms with Crippen LogP contribution in [0.25, 0.3) is 10.8 Å². The Morgan fingerprint density at radius 3 is 2.93 bits per heavy atom. The molecule has 0 amide bonds. The van der Waals surface area contributed by atoms with Gasteiger partial charge in [-0.3, -0.25) is 0 Å². The fraction of sp³-hybridized carbons (Fsp3) is 0.273. The van der Waals surface area contributed by atoms with E-state index in [2.05, 4.69) is 10.2 Å². The maximum atomic E-state index is 8.88. The summed E-state index contributed by atoms with van der Waals surface area (Å²) in [5.41, 5.74) is 0. The van der Waals surface area contributed by atoms with E-state index in [1.807, 2.05) is 36.2 Å². The molecule has 4 heteroatoms. The van der Waals surface area contributed by atoms with Crippen molar-refractivity contribution in [1.29, 1.82) is 0 Å². The number of hydrogen-bond donors (Lipinski definition) is 1. The van der Waals surface area contributed by atoms with Crippen molar-refractivity contribution in [3.63, 3.8) is 0 Å². The van der Waals surface area contributed by atoms with E-state index < -0.39 is 0 Å². The maximum Gasteiger partial charge on any atom is 0.158 e. The molecule has 0 saturated carbocycles. The minimum Gasteiger partial charge on any atom is -0.395 e. The third-order valence-corrected chi connectivity index (χ3v) is 2.35. The van der Waals surface area contributed by atoms with E-state index in [0.717, 1.165) is 16.6 Å². The Kier molecular flexibility index (Phi) is 2.78. The topological polar surface area (TPSA) is 49.2 Å². The molecule has 0 aliphatic rings. The highest BCUT2D eigenvalue weighted by Gasteiger charge is 2.06. The quantitative estimate of drug-likeness (QED) is 0.810. The van der Waals surface area contributed by atoms with Crippen molar-refractivity contribution in [1.82, 2.24) is 10.2 Å². The lowest BCUT2D eigenvalue weighted by Crippen LogP contribution is -2.22. The van der Waals surface area contributed by atoms with Gasteiger partial charge in [0.15, 0.2) is 5.82 Å². The summed E-state index contributed by atoms with van der Waals surface area (Å²) in [5, 5.41) is 19.0. The molecule has 0 fully saturated rings. The van der Waals surface area contributed by atoms with Crippen molar-refractivity contribution in [2.75, 3.05) is 25.1 Å². The first kappa shape index (κ1) is 9.86. The number of fused-ring (bicyclic) bond motifs is 1. The number of aliphatic hydroxyl groups excluding tert-OH is 1. The van der Waals surface area contributed by atoms with E-state index in [4.69, 9.17) is 5.11 Å². The van der Waals surface area contributed by atoms with Crippen molar-refractivity contribution in [2.24, 2.45) is 0 Å². The number of likely N-dealkylation sites (N-methyl/N-ethyl adjacent to an activating group) is 1. The van der Waals surface area contributed by atoms with Crippen LogP contribution in [0.15, 0.2) is 30.5 Å². The smallest absolute Gasteiger partial charge is 0.158 e. The molecule has 1 heterocycles. The Morgan fingerprint density at radius 1 is 1.33 bits per heavy atom. The van der Waals surface area contributed by atoms with Gasteiger partial charge >= 0.3 is 0 Å². The van der Waals surface area contributed by atoms with Crippen molar-refractivity contribution in [3.8, 4) is 0 Å². The van der Waals surface area contributed by atoms with Crippen molar-refractivity contribution < 1.29 is 5.11 Å². The Labute approximate surface area is 88.2 Å². The molecular formula is C11H13N3O. The van der Waals surface area contributed by atoms with Gasteiger partial charge < -0.3 is 10.0 Å². The lowest BCUT2D eigenvalue weighted by molar-refractivity contribution is 0.304. The molecular weight excluding hydrogens is 190 g/mol.